The molecule has 16 heavy (non-hydrogen) atoms. The van der Waals surface area contributed by atoms with Gasteiger partial charge in [0.25, 0.3) is 0 Å². The van der Waals surface area contributed by atoms with E-state index in [2.05, 4.69) is 0 Å². The minimum absolute atomic E-state index is 0.0422. The molecule has 0 bridgehead atoms. The maximum atomic E-state index is 11.2. The Morgan fingerprint density at radius 1 is 1.00 bits per heavy atom. The van der Waals surface area contributed by atoms with Gasteiger partial charge in [0, 0.05) is 0 Å². The van der Waals surface area contributed by atoms with Crippen molar-refractivity contribution in [2.75, 3.05) is 20.3 Å². The topological polar surface area (TPSA) is 61.8 Å². The maximum absolute atomic E-state index is 11.2. The first kappa shape index (κ1) is 14.5. The standard InChI is InChI=1S/C11H18O5/c1-4-15-10(12)6-9(8-14-3)7-11(13)16-5-2/h8H,4-7H2,1-3H3. The molecule has 0 aromatic heterocycles. The second kappa shape index (κ2) is 8.76. The first-order valence-electron chi connectivity index (χ1n) is 5.15. The van der Waals surface area contributed by atoms with E-state index >= 15 is 0 Å². The summed E-state index contributed by atoms with van der Waals surface area (Å²) in [4.78, 5) is 22.4. The highest BCUT2D eigenvalue weighted by atomic mass is 16.5. The summed E-state index contributed by atoms with van der Waals surface area (Å²) in [6.07, 6.45) is 1.45. The largest absolute Gasteiger partial charge is 0.504 e. The molecule has 0 saturated carbocycles. The number of hydrogen-bond donors (Lipinski definition) is 0. The Morgan fingerprint density at radius 2 is 1.44 bits per heavy atom. The lowest BCUT2D eigenvalue weighted by molar-refractivity contribution is -0.143. The smallest absolute Gasteiger partial charge is 0.310 e. The summed E-state index contributed by atoms with van der Waals surface area (Å²) in [5.74, 6) is -0.759. The van der Waals surface area contributed by atoms with Gasteiger partial charge in [0.05, 0.1) is 39.4 Å². The molecule has 5 heteroatoms. The number of esters is 2. The predicted molar refractivity (Wildman–Crippen MR) is 57.6 cm³/mol. The summed E-state index contributed by atoms with van der Waals surface area (Å²) >= 11 is 0. The third-order valence-corrected chi connectivity index (χ3v) is 1.64. The molecule has 0 atom stereocenters. The zero-order valence-corrected chi connectivity index (χ0v) is 9.95. The predicted octanol–water partition coefficient (Wildman–Crippen LogP) is 1.42. The van der Waals surface area contributed by atoms with Crippen molar-refractivity contribution in [2.24, 2.45) is 0 Å². The fourth-order valence-electron chi connectivity index (χ4n) is 1.11. The van der Waals surface area contributed by atoms with E-state index in [1.807, 2.05) is 0 Å². The molecule has 0 unspecified atom stereocenters. The molecule has 0 spiro atoms. The molecular formula is C11H18O5. The maximum Gasteiger partial charge on any atom is 0.310 e. The molecule has 0 aliphatic rings. The Bertz CT molecular complexity index is 235. The van der Waals surface area contributed by atoms with Gasteiger partial charge in [-0.15, -0.1) is 0 Å². The molecule has 0 aliphatic carbocycles. The fourth-order valence-corrected chi connectivity index (χ4v) is 1.11. The molecule has 0 radical (unpaired) electrons. The number of carbonyl (C=O) groups excluding carboxylic acids is 2. The monoisotopic (exact) mass is 230 g/mol. The molecule has 0 aromatic carbocycles. The van der Waals surface area contributed by atoms with Crippen LogP contribution in [0, 0.1) is 0 Å². The van der Waals surface area contributed by atoms with Gasteiger partial charge in [-0.2, -0.15) is 0 Å². The highest BCUT2D eigenvalue weighted by Crippen LogP contribution is 2.09. The number of hydrogen-bond acceptors (Lipinski definition) is 5. The summed E-state index contributed by atoms with van der Waals surface area (Å²) < 4.78 is 14.3. The van der Waals surface area contributed by atoms with Crippen molar-refractivity contribution in [1.29, 1.82) is 0 Å². The fraction of sp³-hybridized carbons (Fsp3) is 0.636. The van der Waals surface area contributed by atoms with Crippen LogP contribution in [0.15, 0.2) is 11.8 Å². The number of carbonyl (C=O) groups is 2. The second-order valence-electron chi connectivity index (χ2n) is 2.98. The van der Waals surface area contributed by atoms with Crippen LogP contribution < -0.4 is 0 Å². The molecule has 0 heterocycles. The van der Waals surface area contributed by atoms with Crippen molar-refractivity contribution < 1.29 is 23.8 Å². The first-order valence-corrected chi connectivity index (χ1v) is 5.15. The van der Waals surface area contributed by atoms with Gasteiger partial charge >= 0.3 is 11.9 Å². The third-order valence-electron chi connectivity index (χ3n) is 1.64. The van der Waals surface area contributed by atoms with E-state index < -0.39 is 0 Å². The molecule has 0 saturated heterocycles. The normalized spacial score (nSPS) is 9.19. The van der Waals surface area contributed by atoms with Gasteiger partial charge in [0.2, 0.25) is 0 Å². The van der Waals surface area contributed by atoms with Crippen LogP contribution in [0.2, 0.25) is 0 Å². The molecule has 0 amide bonds. The SMILES string of the molecule is CCOC(=O)CC(=COC)CC(=O)OCC. The van der Waals surface area contributed by atoms with Crippen LogP contribution in [0.4, 0.5) is 0 Å². The first-order chi connectivity index (χ1) is 7.63. The lowest BCUT2D eigenvalue weighted by Gasteiger charge is -2.06. The highest BCUT2D eigenvalue weighted by Gasteiger charge is 2.12. The number of rotatable bonds is 7. The summed E-state index contributed by atoms with van der Waals surface area (Å²) in [6.45, 7) is 4.09. The number of methoxy groups -OCH3 is 1. The van der Waals surface area contributed by atoms with Crippen molar-refractivity contribution in [2.45, 2.75) is 26.7 Å². The van der Waals surface area contributed by atoms with E-state index in [0.29, 0.717) is 18.8 Å². The van der Waals surface area contributed by atoms with Gasteiger partial charge in [-0.1, -0.05) is 0 Å². The summed E-state index contributed by atoms with van der Waals surface area (Å²) in [7, 11) is 1.45. The summed E-state index contributed by atoms with van der Waals surface area (Å²) in [5.41, 5.74) is 0.541. The van der Waals surface area contributed by atoms with Gasteiger partial charge in [0.15, 0.2) is 0 Å². The van der Waals surface area contributed by atoms with Crippen LogP contribution in [0.1, 0.15) is 26.7 Å². The highest BCUT2D eigenvalue weighted by molar-refractivity contribution is 5.77. The lowest BCUT2D eigenvalue weighted by atomic mass is 10.1. The van der Waals surface area contributed by atoms with Crippen molar-refractivity contribution in [3.05, 3.63) is 11.8 Å². The van der Waals surface area contributed by atoms with Gasteiger partial charge in [0.1, 0.15) is 0 Å². The average molecular weight is 230 g/mol. The Labute approximate surface area is 95.4 Å². The van der Waals surface area contributed by atoms with Crippen LogP contribution in [-0.2, 0) is 23.8 Å². The van der Waals surface area contributed by atoms with Gasteiger partial charge in [-0.05, 0) is 19.4 Å². The minimum Gasteiger partial charge on any atom is -0.504 e. The zero-order chi connectivity index (χ0) is 12.4. The van der Waals surface area contributed by atoms with E-state index in [0.717, 1.165) is 0 Å². The average Bonchev–Trinajstić information content (AvgIpc) is 2.18. The second-order valence-corrected chi connectivity index (χ2v) is 2.98. The van der Waals surface area contributed by atoms with Crippen molar-refractivity contribution in [3.63, 3.8) is 0 Å². The van der Waals surface area contributed by atoms with Gasteiger partial charge < -0.3 is 14.2 Å². The molecule has 0 aromatic rings. The van der Waals surface area contributed by atoms with Gasteiger partial charge in [-0.25, -0.2) is 0 Å². The summed E-state index contributed by atoms with van der Waals surface area (Å²) in [6, 6.07) is 0. The molecular weight excluding hydrogens is 212 g/mol. The van der Waals surface area contributed by atoms with Crippen LogP contribution in [0.25, 0.3) is 0 Å². The molecule has 0 aliphatic heterocycles. The molecule has 0 fully saturated rings. The molecule has 0 N–H and O–H groups in total. The van der Waals surface area contributed by atoms with Crippen LogP contribution in [-0.4, -0.2) is 32.3 Å². The Balaban J connectivity index is 4.23. The Morgan fingerprint density at radius 3 is 1.75 bits per heavy atom. The van der Waals surface area contributed by atoms with Crippen molar-refractivity contribution in [3.8, 4) is 0 Å². The lowest BCUT2D eigenvalue weighted by Crippen LogP contribution is -2.10. The quantitative estimate of drug-likeness (QED) is 0.489. The Kier molecular flexibility index (Phi) is 7.93. The molecule has 0 rings (SSSR count). The van der Waals surface area contributed by atoms with Crippen LogP contribution in [0.5, 0.6) is 0 Å². The van der Waals surface area contributed by atoms with E-state index in [-0.39, 0.29) is 24.8 Å². The van der Waals surface area contributed by atoms with Crippen molar-refractivity contribution >= 4 is 11.9 Å². The van der Waals surface area contributed by atoms with Crippen LogP contribution >= 0.6 is 0 Å². The number of ether oxygens (including phenoxy) is 3. The third kappa shape index (κ3) is 6.86. The summed E-state index contributed by atoms with van der Waals surface area (Å²) in [5, 5.41) is 0. The molecule has 92 valence electrons. The minimum atomic E-state index is -0.380. The van der Waals surface area contributed by atoms with E-state index in [1.54, 1.807) is 13.8 Å². The van der Waals surface area contributed by atoms with Gasteiger partial charge in [-0.3, -0.25) is 9.59 Å². The van der Waals surface area contributed by atoms with E-state index in [9.17, 15) is 9.59 Å². The van der Waals surface area contributed by atoms with E-state index in [4.69, 9.17) is 14.2 Å². The molecule has 5 nitrogen and oxygen atoms in total. The van der Waals surface area contributed by atoms with Crippen LogP contribution in [0.3, 0.4) is 0 Å². The van der Waals surface area contributed by atoms with Crippen molar-refractivity contribution in [1.82, 2.24) is 0 Å². The zero-order valence-electron chi connectivity index (χ0n) is 9.95. The van der Waals surface area contributed by atoms with E-state index in [1.165, 1.54) is 13.4 Å². The Hall–Kier alpha value is -1.52.